The number of aryl methyl sites for hydroxylation is 1. The van der Waals surface area contributed by atoms with E-state index in [1.54, 1.807) is 47.4 Å². The van der Waals surface area contributed by atoms with E-state index >= 15 is 0 Å². The molecule has 2 saturated heterocycles. The summed E-state index contributed by atoms with van der Waals surface area (Å²) < 4.78 is 38.5. The maximum atomic E-state index is 13.7. The van der Waals surface area contributed by atoms with Crippen molar-refractivity contribution in [3.8, 4) is 0 Å². The van der Waals surface area contributed by atoms with Crippen LogP contribution < -0.4 is 10.2 Å². The molecule has 0 aromatic heterocycles. The molecule has 2 aliphatic rings. The zero-order valence-corrected chi connectivity index (χ0v) is 27.2. The van der Waals surface area contributed by atoms with Gasteiger partial charge in [0.1, 0.15) is 23.8 Å². The van der Waals surface area contributed by atoms with Gasteiger partial charge in [-0.25, -0.2) is 13.6 Å². The Kier molecular flexibility index (Phi) is 10.7. The maximum absolute atomic E-state index is 13.7. The highest BCUT2D eigenvalue weighted by molar-refractivity contribution is 6.03. The van der Waals surface area contributed by atoms with E-state index in [1.807, 2.05) is 24.3 Å². The Hall–Kier alpha value is -4.97. The van der Waals surface area contributed by atoms with Crippen molar-refractivity contribution in [3.05, 3.63) is 137 Å². The van der Waals surface area contributed by atoms with Gasteiger partial charge >= 0.3 is 5.97 Å². The largest absolute Gasteiger partial charge is 0.479 e. The number of carboxylic acids is 1. The minimum atomic E-state index is -1.19. The van der Waals surface area contributed by atoms with Crippen molar-refractivity contribution in [2.45, 2.75) is 49.5 Å². The average Bonchev–Trinajstić information content (AvgIpc) is 3.10. The van der Waals surface area contributed by atoms with Crippen molar-refractivity contribution in [3.63, 3.8) is 0 Å². The second-order valence-electron chi connectivity index (χ2n) is 12.8. The Morgan fingerprint density at radius 2 is 1.54 bits per heavy atom. The molecule has 50 heavy (non-hydrogen) atoms. The number of benzene rings is 4. The molecule has 0 aliphatic carbocycles. The lowest BCUT2D eigenvalue weighted by atomic mass is 9.78. The van der Waals surface area contributed by atoms with E-state index in [9.17, 15) is 33.4 Å². The van der Waals surface area contributed by atoms with Crippen LogP contribution in [0, 0.1) is 17.6 Å². The van der Waals surface area contributed by atoms with Gasteiger partial charge in [0, 0.05) is 5.69 Å². The lowest BCUT2D eigenvalue weighted by Gasteiger charge is -2.48. The second kappa shape index (κ2) is 15.3. The van der Waals surface area contributed by atoms with E-state index in [0.29, 0.717) is 55.7 Å². The molecule has 3 unspecified atom stereocenters. The third kappa shape index (κ3) is 7.91. The fourth-order valence-electron chi connectivity index (χ4n) is 6.53. The van der Waals surface area contributed by atoms with Gasteiger partial charge in [0.25, 0.3) is 0 Å². The van der Waals surface area contributed by atoms with Gasteiger partial charge < -0.3 is 29.9 Å². The molecule has 4 aromatic rings. The van der Waals surface area contributed by atoms with E-state index in [4.69, 9.17) is 9.47 Å². The number of hydrogen-bond acceptors (Lipinski definition) is 6. The highest BCUT2D eigenvalue weighted by atomic mass is 19.1. The molecular formula is C39H38F2N2O7. The Labute approximate surface area is 288 Å². The van der Waals surface area contributed by atoms with Gasteiger partial charge in [0.05, 0.1) is 31.3 Å². The number of rotatable bonds is 15. The number of β-lactam (4-membered cyclic amide) rings is 1. The Morgan fingerprint density at radius 1 is 0.900 bits per heavy atom. The van der Waals surface area contributed by atoms with Gasteiger partial charge in [0.2, 0.25) is 11.8 Å². The van der Waals surface area contributed by atoms with Crippen LogP contribution in [0.5, 0.6) is 0 Å². The average molecular weight is 685 g/mol. The van der Waals surface area contributed by atoms with Crippen LogP contribution >= 0.6 is 0 Å². The van der Waals surface area contributed by atoms with Crippen molar-refractivity contribution < 1.29 is 42.9 Å². The number of aliphatic hydroxyl groups excluding tert-OH is 1. The molecule has 0 bridgehead atoms. The molecule has 11 heteroatoms. The summed E-state index contributed by atoms with van der Waals surface area (Å²) in [4.78, 5) is 39.5. The molecule has 9 nitrogen and oxygen atoms in total. The first-order valence-electron chi connectivity index (χ1n) is 16.5. The van der Waals surface area contributed by atoms with Crippen LogP contribution in [-0.4, -0.2) is 53.4 Å². The normalized spacial score (nSPS) is 19.2. The highest BCUT2D eigenvalue weighted by Crippen LogP contribution is 2.46. The molecule has 4 aromatic carbocycles. The van der Waals surface area contributed by atoms with Crippen LogP contribution in [0.3, 0.4) is 0 Å². The molecule has 0 radical (unpaired) electrons. The molecule has 2 amide bonds. The van der Waals surface area contributed by atoms with Gasteiger partial charge in [-0.3, -0.25) is 9.59 Å². The van der Waals surface area contributed by atoms with Crippen molar-refractivity contribution in [1.82, 2.24) is 5.32 Å². The number of halogens is 2. The van der Waals surface area contributed by atoms with E-state index in [1.165, 1.54) is 36.4 Å². The standard InChI is InChI=1S/C39H38F2N2O7/c40-29-12-10-26(11-13-29)33(44)19-18-32-36(43(37(32)46)31-16-14-30(41)15-17-31)28-8-6-25(7-9-28)20-21-39(23-49-24-39)50-22-34(45)42-35(38(47)48)27-4-2-1-3-5-27/h1-17,32-33,35-36,44H,18-24H2,(H,42,45)(H,47,48)/t32-,33?,35?,36?/m1/s1. The summed E-state index contributed by atoms with van der Waals surface area (Å²) in [7, 11) is 0. The Bertz CT molecular complexity index is 1780. The molecule has 2 heterocycles. The van der Waals surface area contributed by atoms with Gasteiger partial charge in [-0.05, 0) is 84.3 Å². The molecule has 260 valence electrons. The van der Waals surface area contributed by atoms with Crippen LogP contribution in [0.15, 0.2) is 103 Å². The second-order valence-corrected chi connectivity index (χ2v) is 12.8. The lowest BCUT2D eigenvalue weighted by Crippen LogP contribution is -2.55. The number of carboxylic acid groups (broad SMARTS) is 1. The Balaban J connectivity index is 1.08. The van der Waals surface area contributed by atoms with Gasteiger partial charge in [-0.15, -0.1) is 0 Å². The third-order valence-corrected chi connectivity index (χ3v) is 9.44. The smallest absolute Gasteiger partial charge is 0.330 e. The highest BCUT2D eigenvalue weighted by Gasteiger charge is 2.48. The van der Waals surface area contributed by atoms with E-state index in [0.717, 1.165) is 11.1 Å². The minimum absolute atomic E-state index is 0.122. The first kappa shape index (κ1) is 34.9. The Morgan fingerprint density at radius 3 is 2.14 bits per heavy atom. The first-order chi connectivity index (χ1) is 24.1. The van der Waals surface area contributed by atoms with Gasteiger partial charge in [0.15, 0.2) is 6.04 Å². The maximum Gasteiger partial charge on any atom is 0.330 e. The van der Waals surface area contributed by atoms with E-state index in [-0.39, 0.29) is 18.6 Å². The van der Waals surface area contributed by atoms with Crippen LogP contribution in [0.25, 0.3) is 0 Å². The number of carbonyl (C=O) groups is 3. The predicted molar refractivity (Wildman–Crippen MR) is 180 cm³/mol. The van der Waals surface area contributed by atoms with Gasteiger partial charge in [-0.1, -0.05) is 66.7 Å². The van der Waals surface area contributed by atoms with Crippen LogP contribution in [0.1, 0.15) is 59.7 Å². The summed E-state index contributed by atoms with van der Waals surface area (Å²) in [5, 5.41) is 22.9. The molecular weight excluding hydrogens is 646 g/mol. The molecule has 2 fully saturated rings. The van der Waals surface area contributed by atoms with Gasteiger partial charge in [-0.2, -0.15) is 0 Å². The minimum Gasteiger partial charge on any atom is -0.479 e. The van der Waals surface area contributed by atoms with Crippen molar-refractivity contribution in [1.29, 1.82) is 0 Å². The topological polar surface area (TPSA) is 125 Å². The predicted octanol–water partition coefficient (Wildman–Crippen LogP) is 5.84. The number of aliphatic hydroxyl groups is 1. The quantitative estimate of drug-likeness (QED) is 0.134. The summed E-state index contributed by atoms with van der Waals surface area (Å²) >= 11 is 0. The number of nitrogens with zero attached hydrogens (tertiary/aromatic N) is 1. The van der Waals surface area contributed by atoms with Crippen LogP contribution in [-0.2, 0) is 30.3 Å². The number of nitrogens with one attached hydrogen (secondary N) is 1. The molecule has 0 saturated carbocycles. The fourth-order valence-corrected chi connectivity index (χ4v) is 6.53. The summed E-state index contributed by atoms with van der Waals surface area (Å²) in [5.74, 6) is -3.05. The molecule has 4 atom stereocenters. The monoisotopic (exact) mass is 684 g/mol. The number of aliphatic carboxylic acids is 1. The number of ether oxygens (including phenoxy) is 2. The number of hydrogen-bond donors (Lipinski definition) is 3. The first-order valence-corrected chi connectivity index (χ1v) is 16.5. The van der Waals surface area contributed by atoms with E-state index in [2.05, 4.69) is 5.32 Å². The van der Waals surface area contributed by atoms with Crippen molar-refractivity contribution in [2.75, 3.05) is 24.7 Å². The number of carbonyl (C=O) groups excluding carboxylic acids is 2. The fraction of sp³-hybridized carbons (Fsp3) is 0.308. The zero-order valence-electron chi connectivity index (χ0n) is 27.2. The summed E-state index contributed by atoms with van der Waals surface area (Å²) in [6, 6.07) is 26.2. The molecule has 2 aliphatic heterocycles. The molecule has 3 N–H and O–H groups in total. The molecule has 0 spiro atoms. The van der Waals surface area contributed by atoms with E-state index < -0.39 is 47.2 Å². The number of amides is 2. The third-order valence-electron chi connectivity index (χ3n) is 9.44. The lowest BCUT2D eigenvalue weighted by molar-refractivity contribution is -0.212. The SMILES string of the molecule is O=C(COC1(CCc2ccc(C3[C@@H](CCC(O)c4ccc(F)cc4)C(=O)N3c3ccc(F)cc3)cc2)COC1)NC(C(=O)O)c1ccccc1. The summed E-state index contributed by atoms with van der Waals surface area (Å²) in [5.41, 5.74) is 2.82. The summed E-state index contributed by atoms with van der Waals surface area (Å²) in [6.07, 6.45) is 1.02. The zero-order chi connectivity index (χ0) is 35.3. The van der Waals surface area contributed by atoms with Crippen molar-refractivity contribution in [2.24, 2.45) is 5.92 Å². The molecule has 6 rings (SSSR count). The van der Waals surface area contributed by atoms with Crippen LogP contribution in [0.2, 0.25) is 0 Å². The number of anilines is 1. The van der Waals surface area contributed by atoms with Crippen LogP contribution in [0.4, 0.5) is 14.5 Å². The van der Waals surface area contributed by atoms with Crippen molar-refractivity contribution >= 4 is 23.5 Å². The summed E-state index contributed by atoms with van der Waals surface area (Å²) in [6.45, 7) is 0.300.